The predicted octanol–water partition coefficient (Wildman–Crippen LogP) is 2.81. The molecule has 0 rings (SSSR count). The van der Waals surface area contributed by atoms with Gasteiger partial charge in [-0.05, 0) is 25.7 Å². The average Bonchev–Trinajstić information content (AvgIpc) is 2.16. The van der Waals surface area contributed by atoms with Crippen LogP contribution in [0.3, 0.4) is 0 Å². The summed E-state index contributed by atoms with van der Waals surface area (Å²) < 4.78 is 0. The highest BCUT2D eigenvalue weighted by Gasteiger charge is 2.08. The van der Waals surface area contributed by atoms with Gasteiger partial charge in [0.25, 0.3) is 0 Å². The van der Waals surface area contributed by atoms with Gasteiger partial charge in [0.15, 0.2) is 0 Å². The Morgan fingerprint density at radius 2 is 1.92 bits per heavy atom. The van der Waals surface area contributed by atoms with Crippen LogP contribution in [0.5, 0.6) is 0 Å². The van der Waals surface area contributed by atoms with E-state index in [0.29, 0.717) is 6.04 Å². The van der Waals surface area contributed by atoms with E-state index in [2.05, 4.69) is 37.9 Å². The first-order chi connectivity index (χ1) is 6.24. The van der Waals surface area contributed by atoms with Crippen molar-refractivity contribution in [2.75, 3.05) is 6.54 Å². The van der Waals surface area contributed by atoms with Crippen LogP contribution in [-0.2, 0) is 0 Å². The molecular formula is C12H23N. The molecule has 2 unspecified atom stereocenters. The highest BCUT2D eigenvalue weighted by Crippen LogP contribution is 2.11. The van der Waals surface area contributed by atoms with Crippen LogP contribution in [0.1, 0.15) is 47.0 Å². The summed E-state index contributed by atoms with van der Waals surface area (Å²) in [5, 5.41) is 3.46. The van der Waals surface area contributed by atoms with Crippen molar-refractivity contribution in [3.05, 3.63) is 0 Å². The van der Waals surface area contributed by atoms with Crippen molar-refractivity contribution in [3.8, 4) is 11.8 Å². The number of hydrogen-bond acceptors (Lipinski definition) is 1. The van der Waals surface area contributed by atoms with Crippen LogP contribution in [0, 0.1) is 17.8 Å². The largest absolute Gasteiger partial charge is 0.303 e. The summed E-state index contributed by atoms with van der Waals surface area (Å²) in [6.45, 7) is 9.53. The fraction of sp³-hybridized carbons (Fsp3) is 0.833. The third-order valence-corrected chi connectivity index (χ3v) is 2.53. The van der Waals surface area contributed by atoms with Crippen LogP contribution in [0.25, 0.3) is 0 Å². The van der Waals surface area contributed by atoms with Gasteiger partial charge in [-0.1, -0.05) is 33.1 Å². The van der Waals surface area contributed by atoms with E-state index in [1.807, 2.05) is 6.92 Å². The lowest BCUT2D eigenvalue weighted by Crippen LogP contribution is -2.30. The molecule has 1 nitrogen and oxygen atoms in total. The van der Waals surface area contributed by atoms with Gasteiger partial charge in [0, 0.05) is 6.04 Å². The topological polar surface area (TPSA) is 12.0 Å². The molecule has 0 aromatic carbocycles. The average molecular weight is 181 g/mol. The Morgan fingerprint density at radius 1 is 1.23 bits per heavy atom. The molecule has 0 aliphatic rings. The Morgan fingerprint density at radius 3 is 2.38 bits per heavy atom. The highest BCUT2D eigenvalue weighted by atomic mass is 14.9. The molecule has 0 fully saturated rings. The predicted molar refractivity (Wildman–Crippen MR) is 59.6 cm³/mol. The van der Waals surface area contributed by atoms with E-state index in [-0.39, 0.29) is 0 Å². The number of rotatable bonds is 6. The molecule has 13 heavy (non-hydrogen) atoms. The summed E-state index contributed by atoms with van der Waals surface area (Å²) in [5.74, 6) is 6.77. The van der Waals surface area contributed by atoms with Crippen LogP contribution >= 0.6 is 0 Å². The monoisotopic (exact) mass is 181 g/mol. The van der Waals surface area contributed by atoms with Crippen molar-refractivity contribution in [1.29, 1.82) is 0 Å². The second-order valence-electron chi connectivity index (χ2n) is 3.66. The van der Waals surface area contributed by atoms with Crippen LogP contribution in [0.15, 0.2) is 0 Å². The lowest BCUT2D eigenvalue weighted by atomic mass is 9.98. The molecule has 0 aromatic heterocycles. The summed E-state index contributed by atoms with van der Waals surface area (Å²) in [5.41, 5.74) is 0. The minimum absolute atomic E-state index is 0.649. The van der Waals surface area contributed by atoms with E-state index in [1.54, 1.807) is 0 Å². The number of hydrogen-bond donors (Lipinski definition) is 1. The van der Waals surface area contributed by atoms with Gasteiger partial charge in [-0.3, -0.25) is 0 Å². The van der Waals surface area contributed by atoms with Crippen molar-refractivity contribution in [1.82, 2.24) is 5.32 Å². The van der Waals surface area contributed by atoms with Gasteiger partial charge >= 0.3 is 0 Å². The van der Waals surface area contributed by atoms with Crippen molar-refractivity contribution >= 4 is 0 Å². The molecule has 0 bridgehead atoms. The third kappa shape index (κ3) is 6.66. The van der Waals surface area contributed by atoms with E-state index in [9.17, 15) is 0 Å². The highest BCUT2D eigenvalue weighted by molar-refractivity contribution is 4.97. The smallest absolute Gasteiger partial charge is 0.0578 e. The van der Waals surface area contributed by atoms with Gasteiger partial charge < -0.3 is 5.32 Å². The van der Waals surface area contributed by atoms with Gasteiger partial charge in [0.2, 0.25) is 0 Å². The maximum absolute atomic E-state index is 3.46. The molecular weight excluding hydrogens is 158 g/mol. The fourth-order valence-electron chi connectivity index (χ4n) is 1.33. The Labute approximate surface area is 83.3 Å². The lowest BCUT2D eigenvalue weighted by molar-refractivity contribution is 0.397. The molecule has 0 saturated heterocycles. The molecule has 1 heteroatoms. The van der Waals surface area contributed by atoms with Crippen LogP contribution in [-0.4, -0.2) is 12.6 Å². The van der Waals surface area contributed by atoms with Crippen molar-refractivity contribution in [3.63, 3.8) is 0 Å². The van der Waals surface area contributed by atoms with E-state index in [4.69, 9.17) is 0 Å². The zero-order valence-corrected chi connectivity index (χ0v) is 9.48. The summed E-state index contributed by atoms with van der Waals surface area (Å²) in [4.78, 5) is 0. The minimum Gasteiger partial charge on any atom is -0.303 e. The molecule has 0 radical (unpaired) electrons. The van der Waals surface area contributed by atoms with E-state index in [0.717, 1.165) is 12.5 Å². The molecule has 2 atom stereocenters. The summed E-state index contributed by atoms with van der Waals surface area (Å²) in [6, 6.07) is 0.649. The van der Waals surface area contributed by atoms with E-state index >= 15 is 0 Å². The third-order valence-electron chi connectivity index (χ3n) is 2.53. The van der Waals surface area contributed by atoms with Gasteiger partial charge in [-0.2, -0.15) is 0 Å². The Bertz CT molecular complexity index is 164. The summed E-state index contributed by atoms with van der Waals surface area (Å²) >= 11 is 0. The van der Waals surface area contributed by atoms with Crippen LogP contribution in [0.2, 0.25) is 0 Å². The Kier molecular flexibility index (Phi) is 7.83. The summed E-state index contributed by atoms with van der Waals surface area (Å²) in [6.07, 6.45) is 3.76. The molecule has 0 aliphatic carbocycles. The van der Waals surface area contributed by atoms with E-state index < -0.39 is 0 Å². The first-order valence-electron chi connectivity index (χ1n) is 5.37. The molecule has 1 N–H and O–H groups in total. The summed E-state index contributed by atoms with van der Waals surface area (Å²) in [7, 11) is 0. The SMILES string of the molecule is CC#CCNC(CC)CC(C)CC. The van der Waals surface area contributed by atoms with Gasteiger partial charge in [-0.15, -0.1) is 5.92 Å². The number of nitrogens with one attached hydrogen (secondary N) is 1. The molecule has 0 spiro atoms. The standard InChI is InChI=1S/C12H23N/c1-5-8-9-13-12(7-3)10-11(4)6-2/h11-13H,6-7,9-10H2,1-4H3. The molecule has 0 amide bonds. The molecule has 76 valence electrons. The first kappa shape index (κ1) is 12.5. The first-order valence-corrected chi connectivity index (χ1v) is 5.37. The van der Waals surface area contributed by atoms with Gasteiger partial charge in [0.1, 0.15) is 0 Å². The Hall–Kier alpha value is -0.480. The molecule has 0 aromatic rings. The van der Waals surface area contributed by atoms with Crippen molar-refractivity contribution < 1.29 is 0 Å². The van der Waals surface area contributed by atoms with Gasteiger partial charge in [-0.25, -0.2) is 0 Å². The van der Waals surface area contributed by atoms with Crippen LogP contribution in [0.4, 0.5) is 0 Å². The minimum atomic E-state index is 0.649. The maximum Gasteiger partial charge on any atom is 0.0578 e. The zero-order chi connectivity index (χ0) is 10.1. The van der Waals surface area contributed by atoms with Crippen LogP contribution < -0.4 is 5.32 Å². The second-order valence-corrected chi connectivity index (χ2v) is 3.66. The Balaban J connectivity index is 3.66. The van der Waals surface area contributed by atoms with Crippen molar-refractivity contribution in [2.45, 2.75) is 53.0 Å². The normalized spacial score (nSPS) is 14.5. The quantitative estimate of drug-likeness (QED) is 0.621. The fourth-order valence-corrected chi connectivity index (χ4v) is 1.33. The van der Waals surface area contributed by atoms with Crippen molar-refractivity contribution in [2.24, 2.45) is 5.92 Å². The zero-order valence-electron chi connectivity index (χ0n) is 9.48. The molecule has 0 aliphatic heterocycles. The molecule has 0 saturated carbocycles. The second kappa shape index (κ2) is 8.13. The van der Waals surface area contributed by atoms with Gasteiger partial charge in [0.05, 0.1) is 6.54 Å². The maximum atomic E-state index is 3.46. The molecule has 0 heterocycles. The van der Waals surface area contributed by atoms with E-state index in [1.165, 1.54) is 19.3 Å². The lowest BCUT2D eigenvalue weighted by Gasteiger charge is -2.18.